The number of hydrogen-bond acceptors (Lipinski definition) is 0. The second kappa shape index (κ2) is 3.81. The Morgan fingerprint density at radius 1 is 1.33 bits per heavy atom. The molecule has 0 nitrogen and oxygen atoms in total. The van der Waals surface area contributed by atoms with Gasteiger partial charge in [0.25, 0.3) is 0 Å². The van der Waals surface area contributed by atoms with Gasteiger partial charge in [-0.05, 0) is 12.3 Å². The number of hydrogen-bond donors (Lipinski definition) is 0. The number of allylic oxidation sites excluding steroid dienone is 2. The molecule has 3 aliphatic carbocycles. The molecule has 0 aromatic heterocycles. The van der Waals surface area contributed by atoms with E-state index in [2.05, 4.69) is 76.5 Å². The lowest BCUT2D eigenvalue weighted by atomic mass is 9.73. The Balaban J connectivity index is 2.24. The minimum absolute atomic E-state index is 0.634. The van der Waals surface area contributed by atoms with Crippen LogP contribution in [0, 0.1) is 11.8 Å². The Kier molecular flexibility index (Phi) is 3.32. The quantitative estimate of drug-likeness (QED) is 0.367. The monoisotopic (exact) mass is 468 g/mol. The molecular formula is C8H8Br3I. The molecule has 0 N–H and O–H groups in total. The van der Waals surface area contributed by atoms with Gasteiger partial charge in [0.05, 0.1) is 0 Å². The number of fused-ring (bicyclic) bond motifs is 2. The Morgan fingerprint density at radius 2 is 1.92 bits per heavy atom. The van der Waals surface area contributed by atoms with Crippen molar-refractivity contribution in [2.45, 2.75) is 20.0 Å². The molecule has 0 radical (unpaired) electrons. The van der Waals surface area contributed by atoms with Crippen molar-refractivity contribution in [3.63, 3.8) is 0 Å². The van der Waals surface area contributed by atoms with Crippen LogP contribution < -0.4 is 0 Å². The molecule has 3 aliphatic rings. The summed E-state index contributed by atoms with van der Waals surface area (Å²) in [4.78, 5) is 1.41. The SMILES string of the molecule is BrC1=CCC2[C@@H](Br)C([C@H]2Br)[C@@H]1I. The van der Waals surface area contributed by atoms with Crippen LogP contribution in [-0.4, -0.2) is 13.6 Å². The standard InChI is InChI=1S/C8H8Br3I/c9-4-2-1-3-6(10)5(7(3)11)8(4)12/h2-3,5-8H,1H2/t3?,5?,6-,7+,8-/m1/s1. The molecule has 0 aromatic rings. The van der Waals surface area contributed by atoms with Crippen LogP contribution in [0.5, 0.6) is 0 Å². The molecule has 0 amide bonds. The van der Waals surface area contributed by atoms with Gasteiger partial charge in [0.15, 0.2) is 0 Å². The van der Waals surface area contributed by atoms with Crippen molar-refractivity contribution in [3.8, 4) is 0 Å². The Labute approximate surface area is 111 Å². The predicted molar refractivity (Wildman–Crippen MR) is 71.8 cm³/mol. The van der Waals surface area contributed by atoms with Crippen LogP contribution in [0.25, 0.3) is 0 Å². The van der Waals surface area contributed by atoms with Crippen molar-refractivity contribution in [2.24, 2.45) is 11.8 Å². The normalized spacial score (nSPS) is 52.3. The molecule has 1 saturated carbocycles. The number of alkyl halides is 3. The van der Waals surface area contributed by atoms with Gasteiger partial charge in [-0.25, -0.2) is 0 Å². The maximum absolute atomic E-state index is 3.77. The lowest BCUT2D eigenvalue weighted by Crippen LogP contribution is -2.51. The minimum Gasteiger partial charge on any atom is -0.0883 e. The van der Waals surface area contributed by atoms with Gasteiger partial charge < -0.3 is 0 Å². The maximum Gasteiger partial charge on any atom is 0.0472 e. The second-order valence-corrected chi connectivity index (χ2v) is 7.73. The summed E-state index contributed by atoms with van der Waals surface area (Å²) in [5, 5.41) is 0. The molecule has 12 heavy (non-hydrogen) atoms. The van der Waals surface area contributed by atoms with Crippen LogP contribution in [0.4, 0.5) is 0 Å². The van der Waals surface area contributed by atoms with E-state index in [0.29, 0.717) is 13.6 Å². The zero-order chi connectivity index (χ0) is 8.88. The molecular weight excluding hydrogens is 463 g/mol. The molecule has 0 saturated heterocycles. The summed E-state index contributed by atoms with van der Waals surface area (Å²) < 4.78 is 2.01. The molecule has 5 atom stereocenters. The van der Waals surface area contributed by atoms with Crippen LogP contribution >= 0.6 is 70.4 Å². The fraction of sp³-hybridized carbons (Fsp3) is 0.750. The lowest BCUT2D eigenvalue weighted by molar-refractivity contribution is 0.256. The zero-order valence-corrected chi connectivity index (χ0v) is 13.1. The third kappa shape index (κ3) is 1.48. The van der Waals surface area contributed by atoms with E-state index in [0.717, 1.165) is 11.8 Å². The van der Waals surface area contributed by atoms with Crippen molar-refractivity contribution in [1.82, 2.24) is 0 Å². The van der Waals surface area contributed by atoms with Gasteiger partial charge in [0.1, 0.15) is 0 Å². The van der Waals surface area contributed by atoms with Gasteiger partial charge in [0, 0.05) is 24.0 Å². The first kappa shape index (κ1) is 10.4. The van der Waals surface area contributed by atoms with Crippen molar-refractivity contribution in [3.05, 3.63) is 10.6 Å². The summed E-state index contributed by atoms with van der Waals surface area (Å²) in [6.45, 7) is 0. The Bertz CT molecular complexity index is 218. The molecule has 4 heteroatoms. The zero-order valence-electron chi connectivity index (χ0n) is 6.18. The van der Waals surface area contributed by atoms with Gasteiger partial charge in [-0.15, -0.1) is 0 Å². The molecule has 0 aromatic carbocycles. The average Bonchev–Trinajstić information content (AvgIpc) is 2.20. The molecule has 2 unspecified atom stereocenters. The minimum atomic E-state index is 0.634. The summed E-state index contributed by atoms with van der Waals surface area (Å²) in [6.07, 6.45) is 3.53. The van der Waals surface area contributed by atoms with Crippen LogP contribution in [0.1, 0.15) is 6.42 Å². The van der Waals surface area contributed by atoms with Crippen molar-refractivity contribution < 1.29 is 0 Å². The predicted octanol–water partition coefficient (Wildman–Crippen LogP) is 4.25. The van der Waals surface area contributed by atoms with Crippen molar-refractivity contribution in [2.75, 3.05) is 0 Å². The fourth-order valence-electron chi connectivity index (χ4n) is 1.90. The molecule has 1 fully saturated rings. The van der Waals surface area contributed by atoms with E-state index in [1.165, 1.54) is 10.9 Å². The summed E-state index contributed by atoms with van der Waals surface area (Å²) in [5.41, 5.74) is 0. The summed E-state index contributed by atoms with van der Waals surface area (Å²) >= 11 is 13.7. The van der Waals surface area contributed by atoms with E-state index in [-0.39, 0.29) is 0 Å². The van der Waals surface area contributed by atoms with Gasteiger partial charge in [-0.3, -0.25) is 0 Å². The highest BCUT2D eigenvalue weighted by atomic mass is 127. The van der Waals surface area contributed by atoms with Crippen LogP contribution in [0.2, 0.25) is 0 Å². The number of halogens is 4. The van der Waals surface area contributed by atoms with Crippen molar-refractivity contribution >= 4 is 70.4 Å². The first-order valence-electron chi connectivity index (χ1n) is 3.90. The Morgan fingerprint density at radius 3 is 2.50 bits per heavy atom. The van der Waals surface area contributed by atoms with E-state index < -0.39 is 0 Å². The van der Waals surface area contributed by atoms with E-state index in [9.17, 15) is 0 Å². The highest BCUT2D eigenvalue weighted by Crippen LogP contribution is 2.54. The van der Waals surface area contributed by atoms with E-state index in [1.54, 1.807) is 0 Å². The molecule has 0 heterocycles. The number of rotatable bonds is 0. The van der Waals surface area contributed by atoms with E-state index >= 15 is 0 Å². The van der Waals surface area contributed by atoms with Crippen LogP contribution in [0.3, 0.4) is 0 Å². The summed E-state index contributed by atoms with van der Waals surface area (Å²) in [6, 6.07) is 0. The highest BCUT2D eigenvalue weighted by molar-refractivity contribution is 14.1. The summed E-state index contributed by atoms with van der Waals surface area (Å²) in [5.74, 6) is 1.55. The average molecular weight is 471 g/mol. The Hall–Kier alpha value is 1.91. The topological polar surface area (TPSA) is 0 Å². The smallest absolute Gasteiger partial charge is 0.0472 e. The first-order chi connectivity index (χ1) is 5.63. The van der Waals surface area contributed by atoms with Crippen molar-refractivity contribution in [1.29, 1.82) is 0 Å². The van der Waals surface area contributed by atoms with Crippen LogP contribution in [-0.2, 0) is 0 Å². The molecule has 68 valence electrons. The lowest BCUT2D eigenvalue weighted by Gasteiger charge is -2.47. The molecule has 2 bridgehead atoms. The second-order valence-electron chi connectivity index (χ2n) is 3.36. The van der Waals surface area contributed by atoms with Gasteiger partial charge in [0.2, 0.25) is 0 Å². The molecule has 3 rings (SSSR count). The molecule has 0 spiro atoms. The summed E-state index contributed by atoms with van der Waals surface area (Å²) in [7, 11) is 0. The maximum atomic E-state index is 3.77. The van der Waals surface area contributed by atoms with E-state index in [4.69, 9.17) is 0 Å². The van der Waals surface area contributed by atoms with E-state index in [1.807, 2.05) is 0 Å². The molecule has 0 aliphatic heterocycles. The van der Waals surface area contributed by atoms with Gasteiger partial charge in [-0.1, -0.05) is 76.5 Å². The fourth-order valence-corrected chi connectivity index (χ4v) is 7.86. The van der Waals surface area contributed by atoms with Crippen LogP contribution in [0.15, 0.2) is 10.6 Å². The highest BCUT2D eigenvalue weighted by Gasteiger charge is 2.52. The van der Waals surface area contributed by atoms with Gasteiger partial charge >= 0.3 is 0 Å². The largest absolute Gasteiger partial charge is 0.0883 e. The third-order valence-corrected chi connectivity index (χ3v) is 8.49. The third-order valence-electron chi connectivity index (χ3n) is 2.74. The first-order valence-corrected chi connectivity index (χ1v) is 7.77. The van der Waals surface area contributed by atoms with Gasteiger partial charge in [-0.2, -0.15) is 0 Å².